The third-order valence-electron chi connectivity index (χ3n) is 4.56. The van der Waals surface area contributed by atoms with E-state index in [0.717, 1.165) is 25.8 Å². The highest BCUT2D eigenvalue weighted by molar-refractivity contribution is 5.97. The molecule has 2 aromatic rings. The number of hydrogen-bond acceptors (Lipinski definition) is 5. The molecule has 26 heavy (non-hydrogen) atoms. The number of rotatable bonds is 4. The Hall–Kier alpha value is -2.37. The molecular formula is C20H27N3O3. The van der Waals surface area contributed by atoms with Crippen molar-refractivity contribution >= 4 is 5.91 Å². The van der Waals surface area contributed by atoms with Crippen LogP contribution >= 0.6 is 0 Å². The van der Waals surface area contributed by atoms with Crippen LogP contribution in [0, 0.1) is 5.41 Å². The molecule has 1 saturated heterocycles. The van der Waals surface area contributed by atoms with Crippen molar-refractivity contribution in [3.05, 3.63) is 41.6 Å². The highest BCUT2D eigenvalue weighted by atomic mass is 16.5. The van der Waals surface area contributed by atoms with Crippen LogP contribution in [0.4, 0.5) is 0 Å². The number of aromatic nitrogens is 2. The maximum Gasteiger partial charge on any atom is 0.257 e. The Kier molecular flexibility index (Phi) is 5.30. The lowest BCUT2D eigenvalue weighted by molar-refractivity contribution is 0.0694. The molecule has 6 heteroatoms. The number of benzene rings is 1. The van der Waals surface area contributed by atoms with Crippen LogP contribution in [0.15, 0.2) is 28.7 Å². The molecule has 6 nitrogen and oxygen atoms in total. The predicted octanol–water partition coefficient (Wildman–Crippen LogP) is 3.69. The van der Waals surface area contributed by atoms with E-state index in [0.29, 0.717) is 29.6 Å². The monoisotopic (exact) mass is 357 g/mol. The van der Waals surface area contributed by atoms with Gasteiger partial charge in [0.1, 0.15) is 5.75 Å². The Labute approximate surface area is 154 Å². The van der Waals surface area contributed by atoms with Crippen molar-refractivity contribution in [1.29, 1.82) is 0 Å². The van der Waals surface area contributed by atoms with E-state index in [2.05, 4.69) is 31.0 Å². The van der Waals surface area contributed by atoms with Crippen LogP contribution in [0.3, 0.4) is 0 Å². The average Bonchev–Trinajstić information content (AvgIpc) is 3.07. The topological polar surface area (TPSA) is 68.5 Å². The van der Waals surface area contributed by atoms with E-state index in [1.54, 1.807) is 13.2 Å². The number of hydrogen-bond donors (Lipinski definition) is 0. The number of carbonyl (C=O) groups excluding carboxylic acids is 1. The Balaban J connectivity index is 1.72. The van der Waals surface area contributed by atoms with Gasteiger partial charge in [-0.3, -0.25) is 4.79 Å². The van der Waals surface area contributed by atoms with Gasteiger partial charge in [0, 0.05) is 19.5 Å². The van der Waals surface area contributed by atoms with Crippen molar-refractivity contribution < 1.29 is 13.9 Å². The van der Waals surface area contributed by atoms with Gasteiger partial charge in [-0.25, -0.2) is 0 Å². The maximum absolute atomic E-state index is 12.9. The lowest BCUT2D eigenvalue weighted by Gasteiger charge is -2.31. The minimum atomic E-state index is -0.0124. The van der Waals surface area contributed by atoms with E-state index in [9.17, 15) is 4.79 Å². The summed E-state index contributed by atoms with van der Waals surface area (Å²) in [6.07, 6.45) is 2.62. The van der Waals surface area contributed by atoms with Crippen LogP contribution < -0.4 is 4.74 Å². The summed E-state index contributed by atoms with van der Waals surface area (Å²) in [6, 6.07) is 7.34. The van der Waals surface area contributed by atoms with Gasteiger partial charge in [0.05, 0.1) is 18.6 Å². The second kappa shape index (κ2) is 7.48. The summed E-state index contributed by atoms with van der Waals surface area (Å²) < 4.78 is 11.2. The number of methoxy groups -OCH3 is 1. The molecule has 0 spiro atoms. The molecule has 1 aromatic heterocycles. The fourth-order valence-corrected chi connectivity index (χ4v) is 3.31. The van der Waals surface area contributed by atoms with Gasteiger partial charge in [0.25, 0.3) is 5.91 Å². The molecule has 1 fully saturated rings. The second-order valence-corrected chi connectivity index (χ2v) is 8.06. The molecule has 0 unspecified atom stereocenters. The van der Waals surface area contributed by atoms with E-state index in [4.69, 9.17) is 9.15 Å². The number of amides is 1. The number of carbonyl (C=O) groups is 1. The first-order valence-corrected chi connectivity index (χ1v) is 9.12. The molecule has 1 aliphatic heterocycles. The number of piperidine rings is 1. The van der Waals surface area contributed by atoms with Gasteiger partial charge in [-0.2, -0.15) is 0 Å². The first-order chi connectivity index (χ1) is 12.4. The van der Waals surface area contributed by atoms with Gasteiger partial charge >= 0.3 is 0 Å². The molecule has 0 N–H and O–H groups in total. The third-order valence-corrected chi connectivity index (χ3v) is 4.56. The van der Waals surface area contributed by atoms with E-state index < -0.39 is 0 Å². The predicted molar refractivity (Wildman–Crippen MR) is 98.3 cm³/mol. The second-order valence-electron chi connectivity index (χ2n) is 8.06. The van der Waals surface area contributed by atoms with E-state index in [1.165, 1.54) is 0 Å². The van der Waals surface area contributed by atoms with Crippen LogP contribution in [-0.2, 0) is 6.42 Å². The van der Waals surface area contributed by atoms with Crippen molar-refractivity contribution in [2.24, 2.45) is 5.41 Å². The Morgan fingerprint density at radius 3 is 2.81 bits per heavy atom. The molecule has 1 aromatic carbocycles. The quantitative estimate of drug-likeness (QED) is 0.835. The van der Waals surface area contributed by atoms with Crippen LogP contribution in [-0.4, -0.2) is 41.2 Å². The van der Waals surface area contributed by atoms with Crippen molar-refractivity contribution in [2.75, 3.05) is 20.2 Å². The first-order valence-electron chi connectivity index (χ1n) is 9.12. The molecule has 0 bridgehead atoms. The first kappa shape index (κ1) is 18.4. The number of para-hydroxylation sites is 1. The molecule has 0 saturated carbocycles. The summed E-state index contributed by atoms with van der Waals surface area (Å²) >= 11 is 0. The highest BCUT2D eigenvalue weighted by Gasteiger charge is 2.30. The summed E-state index contributed by atoms with van der Waals surface area (Å²) in [5, 5.41) is 8.44. The Bertz CT molecular complexity index is 764. The maximum atomic E-state index is 12.9. The van der Waals surface area contributed by atoms with Crippen LogP contribution in [0.25, 0.3) is 0 Å². The molecule has 140 valence electrons. The standard InChI is InChI=1S/C20H27N3O3/c1-20(2,3)12-17-21-22-18(26-17)14-8-7-11-23(13-14)19(24)15-9-5-6-10-16(15)25-4/h5-6,9-10,14H,7-8,11-13H2,1-4H3/t14-/m0/s1. The van der Waals surface area contributed by atoms with E-state index in [1.807, 2.05) is 23.1 Å². The third kappa shape index (κ3) is 4.23. The minimum absolute atomic E-state index is 0.0124. The van der Waals surface area contributed by atoms with E-state index in [-0.39, 0.29) is 17.2 Å². The minimum Gasteiger partial charge on any atom is -0.496 e. The fraction of sp³-hybridized carbons (Fsp3) is 0.550. The smallest absolute Gasteiger partial charge is 0.257 e. The summed E-state index contributed by atoms with van der Waals surface area (Å²) in [6.45, 7) is 7.76. The molecule has 1 amide bonds. The van der Waals surface area contributed by atoms with Crippen molar-refractivity contribution in [2.45, 2.75) is 46.0 Å². The Morgan fingerprint density at radius 1 is 1.31 bits per heavy atom. The van der Waals surface area contributed by atoms with Gasteiger partial charge in [0.15, 0.2) is 0 Å². The van der Waals surface area contributed by atoms with Crippen molar-refractivity contribution in [3.8, 4) is 5.75 Å². The van der Waals surface area contributed by atoms with Crippen LogP contribution in [0.5, 0.6) is 5.75 Å². The molecule has 2 heterocycles. The number of likely N-dealkylation sites (tertiary alicyclic amines) is 1. The van der Waals surface area contributed by atoms with Crippen molar-refractivity contribution in [3.63, 3.8) is 0 Å². The summed E-state index contributed by atoms with van der Waals surface area (Å²) in [5.41, 5.74) is 0.692. The van der Waals surface area contributed by atoms with Crippen LogP contribution in [0.2, 0.25) is 0 Å². The van der Waals surface area contributed by atoms with Gasteiger partial charge in [-0.1, -0.05) is 32.9 Å². The zero-order valence-corrected chi connectivity index (χ0v) is 16.0. The molecule has 0 aliphatic carbocycles. The zero-order chi connectivity index (χ0) is 18.7. The zero-order valence-electron chi connectivity index (χ0n) is 16.0. The van der Waals surface area contributed by atoms with E-state index >= 15 is 0 Å². The van der Waals surface area contributed by atoms with Crippen LogP contribution in [0.1, 0.15) is 61.7 Å². The summed E-state index contributed by atoms with van der Waals surface area (Å²) in [5.74, 6) is 1.98. The normalized spacial score (nSPS) is 18.0. The van der Waals surface area contributed by atoms with Gasteiger partial charge < -0.3 is 14.1 Å². The molecule has 3 rings (SSSR count). The lowest BCUT2D eigenvalue weighted by Crippen LogP contribution is -2.39. The van der Waals surface area contributed by atoms with Crippen molar-refractivity contribution in [1.82, 2.24) is 15.1 Å². The molecule has 1 aliphatic rings. The number of nitrogens with zero attached hydrogens (tertiary/aromatic N) is 3. The van der Waals surface area contributed by atoms with Gasteiger partial charge in [-0.15, -0.1) is 10.2 Å². The average molecular weight is 357 g/mol. The lowest BCUT2D eigenvalue weighted by atomic mass is 9.92. The molecule has 1 atom stereocenters. The summed E-state index contributed by atoms with van der Waals surface area (Å²) in [4.78, 5) is 14.8. The highest BCUT2D eigenvalue weighted by Crippen LogP contribution is 2.29. The largest absolute Gasteiger partial charge is 0.496 e. The Morgan fingerprint density at radius 2 is 2.08 bits per heavy atom. The summed E-state index contributed by atoms with van der Waals surface area (Å²) in [7, 11) is 1.58. The SMILES string of the molecule is COc1ccccc1C(=O)N1CCC[C@H](c2nnc(CC(C)(C)C)o2)C1. The number of ether oxygens (including phenoxy) is 1. The molecular weight excluding hydrogens is 330 g/mol. The van der Waals surface area contributed by atoms with Gasteiger partial charge in [0.2, 0.25) is 11.8 Å². The van der Waals surface area contributed by atoms with Gasteiger partial charge in [-0.05, 0) is 30.4 Å². The molecule has 0 radical (unpaired) electrons. The fourth-order valence-electron chi connectivity index (χ4n) is 3.31.